The third-order valence-corrected chi connectivity index (χ3v) is 4.02. The van der Waals surface area contributed by atoms with Gasteiger partial charge in [0.25, 0.3) is 5.91 Å². The Morgan fingerprint density at radius 1 is 1.11 bits per heavy atom. The van der Waals surface area contributed by atoms with Crippen molar-refractivity contribution in [3.8, 4) is 0 Å². The maximum absolute atomic E-state index is 12.9. The van der Waals surface area contributed by atoms with Gasteiger partial charge in [-0.1, -0.05) is 29.8 Å². The summed E-state index contributed by atoms with van der Waals surface area (Å²) in [6.07, 6.45) is 0.601. The highest BCUT2D eigenvalue weighted by Crippen LogP contribution is 2.18. The molecule has 1 aromatic heterocycles. The molecule has 0 unspecified atom stereocenters. The van der Waals surface area contributed by atoms with Crippen LogP contribution in [0.1, 0.15) is 21.7 Å². The van der Waals surface area contributed by atoms with Gasteiger partial charge in [-0.25, -0.2) is 14.4 Å². The van der Waals surface area contributed by atoms with Crippen molar-refractivity contribution in [1.29, 1.82) is 0 Å². The lowest BCUT2D eigenvalue weighted by molar-refractivity contribution is 0.0949. The van der Waals surface area contributed by atoms with Crippen molar-refractivity contribution in [1.82, 2.24) is 15.3 Å². The largest absolute Gasteiger partial charge is 0.350 e. The molecule has 138 valence electrons. The highest BCUT2D eigenvalue weighted by molar-refractivity contribution is 6.30. The number of carbonyl (C=O) groups is 1. The van der Waals surface area contributed by atoms with Gasteiger partial charge < -0.3 is 10.6 Å². The summed E-state index contributed by atoms with van der Waals surface area (Å²) in [6, 6.07) is 15.0. The van der Waals surface area contributed by atoms with E-state index in [1.807, 2.05) is 12.1 Å². The highest BCUT2D eigenvalue weighted by Gasteiger charge is 2.11. The number of benzene rings is 2. The molecule has 0 aliphatic carbocycles. The van der Waals surface area contributed by atoms with Crippen LogP contribution in [0.15, 0.2) is 54.6 Å². The Kier molecular flexibility index (Phi) is 5.98. The van der Waals surface area contributed by atoms with E-state index in [0.717, 1.165) is 11.3 Å². The summed E-state index contributed by atoms with van der Waals surface area (Å²) in [5, 5.41) is 6.45. The molecule has 2 aromatic carbocycles. The summed E-state index contributed by atoms with van der Waals surface area (Å²) >= 11 is 5.97. The van der Waals surface area contributed by atoms with Gasteiger partial charge in [0, 0.05) is 22.9 Å². The molecule has 0 bridgehead atoms. The van der Waals surface area contributed by atoms with E-state index < -0.39 is 0 Å². The second kappa shape index (κ2) is 8.60. The Bertz CT molecular complexity index is 947. The second-order valence-corrected chi connectivity index (χ2v) is 6.42. The minimum absolute atomic E-state index is 0.270. The number of nitrogens with one attached hydrogen (secondary N) is 2. The number of hydrogen-bond donors (Lipinski definition) is 2. The lowest BCUT2D eigenvalue weighted by Crippen LogP contribution is -2.27. The number of carbonyl (C=O) groups excluding carboxylic acids is 1. The fraction of sp³-hybridized carbons (Fsp3) is 0.150. The number of amides is 1. The number of rotatable bonds is 6. The molecule has 0 aliphatic rings. The first-order valence-electron chi connectivity index (χ1n) is 8.40. The van der Waals surface area contributed by atoms with Crippen molar-refractivity contribution < 1.29 is 9.18 Å². The first-order chi connectivity index (χ1) is 13.0. The standard InChI is InChI=1S/C20H18ClFN4O/c1-13-11-18(19(27)23-10-9-14-5-7-16(22)8-6-14)26-20(24-13)25-17-4-2-3-15(21)12-17/h2-8,11-12H,9-10H2,1H3,(H,23,27)(H,24,25,26). The van der Waals surface area contributed by atoms with Crippen molar-refractivity contribution in [2.45, 2.75) is 13.3 Å². The zero-order valence-corrected chi connectivity index (χ0v) is 15.4. The molecule has 27 heavy (non-hydrogen) atoms. The smallest absolute Gasteiger partial charge is 0.270 e. The maximum Gasteiger partial charge on any atom is 0.270 e. The first-order valence-corrected chi connectivity index (χ1v) is 8.78. The van der Waals surface area contributed by atoms with Crippen LogP contribution in [-0.4, -0.2) is 22.4 Å². The second-order valence-electron chi connectivity index (χ2n) is 5.99. The van der Waals surface area contributed by atoms with E-state index in [1.165, 1.54) is 12.1 Å². The molecule has 1 amide bonds. The van der Waals surface area contributed by atoms with Crippen LogP contribution < -0.4 is 10.6 Å². The summed E-state index contributed by atoms with van der Waals surface area (Å²) in [5.74, 6) is -0.253. The van der Waals surface area contributed by atoms with E-state index in [4.69, 9.17) is 11.6 Å². The molecule has 0 saturated heterocycles. The average Bonchev–Trinajstić information content (AvgIpc) is 2.63. The third-order valence-electron chi connectivity index (χ3n) is 3.78. The van der Waals surface area contributed by atoms with Crippen molar-refractivity contribution >= 4 is 29.1 Å². The number of hydrogen-bond acceptors (Lipinski definition) is 4. The molecule has 5 nitrogen and oxygen atoms in total. The molecule has 0 fully saturated rings. The predicted molar refractivity (Wildman–Crippen MR) is 104 cm³/mol. The van der Waals surface area contributed by atoms with Gasteiger partial charge in [0.1, 0.15) is 11.5 Å². The molecule has 0 atom stereocenters. The van der Waals surface area contributed by atoms with E-state index in [0.29, 0.717) is 29.6 Å². The Hall–Kier alpha value is -2.99. The minimum Gasteiger partial charge on any atom is -0.350 e. The summed E-state index contributed by atoms with van der Waals surface area (Å²) in [4.78, 5) is 21.0. The van der Waals surface area contributed by atoms with Crippen LogP contribution in [0.5, 0.6) is 0 Å². The van der Waals surface area contributed by atoms with Crippen LogP contribution in [0.3, 0.4) is 0 Å². The van der Waals surface area contributed by atoms with Gasteiger partial charge in [-0.05, 0) is 55.3 Å². The molecule has 0 spiro atoms. The normalized spacial score (nSPS) is 10.5. The zero-order chi connectivity index (χ0) is 19.2. The van der Waals surface area contributed by atoms with Crippen LogP contribution in [0.25, 0.3) is 0 Å². The van der Waals surface area contributed by atoms with Crippen molar-refractivity contribution in [3.05, 3.63) is 82.4 Å². The van der Waals surface area contributed by atoms with E-state index >= 15 is 0 Å². The SMILES string of the molecule is Cc1cc(C(=O)NCCc2ccc(F)cc2)nc(Nc2cccc(Cl)c2)n1. The van der Waals surface area contributed by atoms with Gasteiger partial charge in [0.2, 0.25) is 5.95 Å². The van der Waals surface area contributed by atoms with E-state index in [9.17, 15) is 9.18 Å². The van der Waals surface area contributed by atoms with Gasteiger partial charge in [0.05, 0.1) is 0 Å². The van der Waals surface area contributed by atoms with E-state index in [-0.39, 0.29) is 17.4 Å². The maximum atomic E-state index is 12.9. The molecule has 3 aromatic rings. The lowest BCUT2D eigenvalue weighted by Gasteiger charge is -2.09. The number of anilines is 2. The molecular formula is C20H18ClFN4O. The quantitative estimate of drug-likeness (QED) is 0.665. The third kappa shape index (κ3) is 5.49. The molecule has 0 radical (unpaired) electrons. The fourth-order valence-electron chi connectivity index (χ4n) is 2.50. The number of aryl methyl sites for hydroxylation is 1. The van der Waals surface area contributed by atoms with Crippen LogP contribution in [0.4, 0.5) is 16.0 Å². The van der Waals surface area contributed by atoms with Crippen molar-refractivity contribution in [2.24, 2.45) is 0 Å². The van der Waals surface area contributed by atoms with Crippen LogP contribution >= 0.6 is 11.6 Å². The number of halogens is 2. The van der Waals surface area contributed by atoms with Crippen molar-refractivity contribution in [3.63, 3.8) is 0 Å². The van der Waals surface area contributed by atoms with Gasteiger partial charge in [-0.15, -0.1) is 0 Å². The van der Waals surface area contributed by atoms with E-state index in [2.05, 4.69) is 20.6 Å². The Morgan fingerprint density at radius 3 is 2.63 bits per heavy atom. The summed E-state index contributed by atoms with van der Waals surface area (Å²) in [6.45, 7) is 2.21. The Labute approximate surface area is 161 Å². The molecule has 0 aliphatic heterocycles. The lowest BCUT2D eigenvalue weighted by atomic mass is 10.1. The minimum atomic E-state index is -0.295. The fourth-order valence-corrected chi connectivity index (χ4v) is 2.69. The van der Waals surface area contributed by atoms with Gasteiger partial charge in [0.15, 0.2) is 0 Å². The van der Waals surface area contributed by atoms with Crippen molar-refractivity contribution in [2.75, 3.05) is 11.9 Å². The Morgan fingerprint density at radius 2 is 1.89 bits per heavy atom. The average molecular weight is 385 g/mol. The van der Waals surface area contributed by atoms with Gasteiger partial charge in [-0.2, -0.15) is 0 Å². The Balaban J connectivity index is 1.64. The highest BCUT2D eigenvalue weighted by atomic mass is 35.5. The monoisotopic (exact) mass is 384 g/mol. The topological polar surface area (TPSA) is 66.9 Å². The molecule has 1 heterocycles. The van der Waals surface area contributed by atoms with Gasteiger partial charge >= 0.3 is 0 Å². The molecule has 2 N–H and O–H groups in total. The number of aromatic nitrogens is 2. The summed E-state index contributed by atoms with van der Waals surface area (Å²) in [7, 11) is 0. The zero-order valence-electron chi connectivity index (χ0n) is 14.7. The molecule has 7 heteroatoms. The molecule has 0 saturated carbocycles. The molecule has 3 rings (SSSR count). The first kappa shape index (κ1) is 18.8. The van der Waals surface area contributed by atoms with Crippen LogP contribution in [0.2, 0.25) is 5.02 Å². The van der Waals surface area contributed by atoms with Crippen LogP contribution in [0, 0.1) is 12.7 Å². The van der Waals surface area contributed by atoms with Gasteiger partial charge in [-0.3, -0.25) is 4.79 Å². The van der Waals surface area contributed by atoms with E-state index in [1.54, 1.807) is 37.3 Å². The summed E-state index contributed by atoms with van der Waals surface area (Å²) in [5.41, 5.74) is 2.61. The summed E-state index contributed by atoms with van der Waals surface area (Å²) < 4.78 is 12.9. The van der Waals surface area contributed by atoms with Crippen LogP contribution in [-0.2, 0) is 6.42 Å². The predicted octanol–water partition coefficient (Wildman–Crippen LogP) is 4.29. The molecular weight excluding hydrogens is 367 g/mol. The number of nitrogens with zero attached hydrogens (tertiary/aromatic N) is 2.